The number of benzene rings is 2. The molecule has 94 valence electrons. The number of oxazole rings is 1. The Morgan fingerprint density at radius 3 is 1.79 bits per heavy atom. The molecule has 0 saturated carbocycles. The summed E-state index contributed by atoms with van der Waals surface area (Å²) in [5, 5.41) is 1.45. The highest BCUT2D eigenvalue weighted by atomic mass is 31.2. The minimum atomic E-state index is -3.01. The van der Waals surface area contributed by atoms with Crippen molar-refractivity contribution in [2.75, 3.05) is 0 Å². The zero-order chi connectivity index (χ0) is 13.1. The lowest BCUT2D eigenvalue weighted by atomic mass is 10.4. The second-order valence-corrected chi connectivity index (χ2v) is 6.73. The van der Waals surface area contributed by atoms with Gasteiger partial charge in [-0.25, -0.2) is 4.98 Å². The number of rotatable bonds is 3. The smallest absolute Gasteiger partial charge is 0.263 e. The fraction of sp³-hybridized carbons (Fsp3) is 0. The molecule has 0 bridgehead atoms. The van der Waals surface area contributed by atoms with Crippen molar-refractivity contribution in [1.82, 2.24) is 4.98 Å². The minimum absolute atomic E-state index is 0.268. The maximum atomic E-state index is 13.5. The molecule has 0 radical (unpaired) electrons. The minimum Gasteiger partial charge on any atom is -0.442 e. The third-order valence-corrected chi connectivity index (χ3v) is 5.74. The first-order valence-corrected chi connectivity index (χ1v) is 7.64. The molecule has 1 aromatic heterocycles. The topological polar surface area (TPSA) is 43.1 Å². The SMILES string of the molecule is O=P(c1ccccc1)(c1ccccc1)c1ncco1. The summed E-state index contributed by atoms with van der Waals surface area (Å²) in [5.74, 6) is 0. The molecule has 3 nitrogen and oxygen atoms in total. The zero-order valence-electron chi connectivity index (χ0n) is 10.1. The normalized spacial score (nSPS) is 11.4. The Morgan fingerprint density at radius 2 is 1.37 bits per heavy atom. The van der Waals surface area contributed by atoms with Crippen molar-refractivity contribution in [2.24, 2.45) is 0 Å². The van der Waals surface area contributed by atoms with E-state index in [0.717, 1.165) is 10.6 Å². The van der Waals surface area contributed by atoms with Gasteiger partial charge in [0.2, 0.25) is 7.14 Å². The van der Waals surface area contributed by atoms with Gasteiger partial charge in [0.25, 0.3) is 5.63 Å². The van der Waals surface area contributed by atoms with Gasteiger partial charge >= 0.3 is 0 Å². The molecule has 0 amide bonds. The molecule has 3 rings (SSSR count). The van der Waals surface area contributed by atoms with Crippen molar-refractivity contribution in [3.05, 3.63) is 73.1 Å². The van der Waals surface area contributed by atoms with E-state index in [0.29, 0.717) is 0 Å². The van der Waals surface area contributed by atoms with Crippen LogP contribution in [0.4, 0.5) is 0 Å². The number of hydrogen-bond acceptors (Lipinski definition) is 3. The Balaban J connectivity index is 2.26. The summed E-state index contributed by atoms with van der Waals surface area (Å²) in [4.78, 5) is 4.11. The first-order valence-electron chi connectivity index (χ1n) is 5.93. The molecule has 19 heavy (non-hydrogen) atoms. The van der Waals surface area contributed by atoms with Gasteiger partial charge < -0.3 is 8.98 Å². The Hall–Kier alpha value is -2.12. The summed E-state index contributed by atoms with van der Waals surface area (Å²) in [6.45, 7) is 0. The molecule has 0 fully saturated rings. The summed E-state index contributed by atoms with van der Waals surface area (Å²) < 4.78 is 18.9. The van der Waals surface area contributed by atoms with Gasteiger partial charge in [0.1, 0.15) is 6.26 Å². The van der Waals surface area contributed by atoms with Crippen LogP contribution in [0.3, 0.4) is 0 Å². The van der Waals surface area contributed by atoms with Crippen molar-refractivity contribution in [3.8, 4) is 0 Å². The molecule has 0 aliphatic carbocycles. The van der Waals surface area contributed by atoms with Crippen molar-refractivity contribution >= 4 is 23.4 Å². The summed E-state index contributed by atoms with van der Waals surface area (Å²) in [5.41, 5.74) is 0.268. The predicted octanol–water partition coefficient (Wildman–Crippen LogP) is 2.31. The number of hydrogen-bond donors (Lipinski definition) is 0. The molecule has 0 saturated heterocycles. The van der Waals surface area contributed by atoms with Crippen LogP contribution in [0.15, 0.2) is 77.5 Å². The second-order valence-electron chi connectivity index (χ2n) is 4.10. The number of nitrogens with zero attached hydrogens (tertiary/aromatic N) is 1. The average molecular weight is 269 g/mol. The van der Waals surface area contributed by atoms with E-state index in [4.69, 9.17) is 4.42 Å². The van der Waals surface area contributed by atoms with Crippen molar-refractivity contribution in [3.63, 3.8) is 0 Å². The van der Waals surface area contributed by atoms with E-state index < -0.39 is 7.14 Å². The average Bonchev–Trinajstić information content (AvgIpc) is 3.03. The molecule has 1 heterocycles. The van der Waals surface area contributed by atoms with Gasteiger partial charge in [0.05, 0.1) is 6.20 Å². The lowest BCUT2D eigenvalue weighted by Crippen LogP contribution is -2.25. The summed E-state index contributed by atoms with van der Waals surface area (Å²) >= 11 is 0. The van der Waals surface area contributed by atoms with Crippen molar-refractivity contribution in [1.29, 1.82) is 0 Å². The van der Waals surface area contributed by atoms with E-state index in [9.17, 15) is 4.57 Å². The standard InChI is InChI=1S/C15H12NO2P/c17-19(15-16-11-12-18-15,13-7-3-1-4-8-13)14-9-5-2-6-10-14/h1-12H. The van der Waals surface area contributed by atoms with Gasteiger partial charge in [-0.2, -0.15) is 0 Å². The van der Waals surface area contributed by atoms with Gasteiger partial charge in [0.15, 0.2) is 0 Å². The predicted molar refractivity (Wildman–Crippen MR) is 75.9 cm³/mol. The highest BCUT2D eigenvalue weighted by Gasteiger charge is 2.33. The van der Waals surface area contributed by atoms with Gasteiger partial charge in [-0.15, -0.1) is 0 Å². The van der Waals surface area contributed by atoms with Crippen LogP contribution in [0.1, 0.15) is 0 Å². The van der Waals surface area contributed by atoms with E-state index >= 15 is 0 Å². The van der Waals surface area contributed by atoms with Gasteiger partial charge in [0, 0.05) is 10.6 Å². The van der Waals surface area contributed by atoms with Crippen molar-refractivity contribution in [2.45, 2.75) is 0 Å². The summed E-state index contributed by atoms with van der Waals surface area (Å²) in [7, 11) is -3.01. The highest BCUT2D eigenvalue weighted by molar-refractivity contribution is 7.84. The third-order valence-electron chi connectivity index (χ3n) is 2.93. The molecule has 0 atom stereocenters. The lowest BCUT2D eigenvalue weighted by Gasteiger charge is -2.15. The van der Waals surface area contributed by atoms with Gasteiger partial charge in [-0.05, 0) is 0 Å². The van der Waals surface area contributed by atoms with Crippen LogP contribution in [-0.2, 0) is 4.57 Å². The Kier molecular flexibility index (Phi) is 3.06. The maximum absolute atomic E-state index is 13.5. The molecule has 0 spiro atoms. The van der Waals surface area contributed by atoms with E-state index in [1.807, 2.05) is 60.7 Å². The lowest BCUT2D eigenvalue weighted by molar-refractivity contribution is 0.563. The number of aromatic nitrogens is 1. The van der Waals surface area contributed by atoms with E-state index in [-0.39, 0.29) is 5.63 Å². The van der Waals surface area contributed by atoms with E-state index in [1.165, 1.54) is 12.5 Å². The first kappa shape index (κ1) is 11.9. The molecule has 0 aliphatic rings. The zero-order valence-corrected chi connectivity index (χ0v) is 11.0. The quantitative estimate of drug-likeness (QED) is 0.685. The fourth-order valence-electron chi connectivity index (χ4n) is 2.02. The second kappa shape index (κ2) is 4.87. The summed E-state index contributed by atoms with van der Waals surface area (Å²) in [6.07, 6.45) is 2.97. The third kappa shape index (κ3) is 2.02. The van der Waals surface area contributed by atoms with Crippen LogP contribution in [0.25, 0.3) is 0 Å². The molecule has 0 unspecified atom stereocenters. The van der Waals surface area contributed by atoms with Crippen LogP contribution in [0.5, 0.6) is 0 Å². The van der Waals surface area contributed by atoms with E-state index in [2.05, 4.69) is 4.98 Å². The largest absolute Gasteiger partial charge is 0.442 e. The van der Waals surface area contributed by atoms with Crippen molar-refractivity contribution < 1.29 is 8.98 Å². The monoisotopic (exact) mass is 269 g/mol. The van der Waals surface area contributed by atoms with Gasteiger partial charge in [-0.3, -0.25) is 0 Å². The van der Waals surface area contributed by atoms with Crippen LogP contribution in [0.2, 0.25) is 0 Å². The molecule has 0 aliphatic heterocycles. The van der Waals surface area contributed by atoms with Crippen LogP contribution in [0, 0.1) is 0 Å². The van der Waals surface area contributed by atoms with Crippen LogP contribution >= 0.6 is 7.14 Å². The Morgan fingerprint density at radius 1 is 0.842 bits per heavy atom. The molecular formula is C15H12NO2P. The molecule has 4 heteroatoms. The molecule has 0 N–H and O–H groups in total. The molecule has 2 aromatic carbocycles. The fourth-order valence-corrected chi connectivity index (χ4v) is 4.38. The summed E-state index contributed by atoms with van der Waals surface area (Å²) in [6, 6.07) is 18.7. The Bertz CT molecular complexity index is 650. The Labute approximate surface area is 111 Å². The molecule has 3 aromatic rings. The van der Waals surface area contributed by atoms with Crippen LogP contribution in [-0.4, -0.2) is 4.98 Å². The van der Waals surface area contributed by atoms with Gasteiger partial charge in [-0.1, -0.05) is 60.7 Å². The first-order chi connectivity index (χ1) is 9.32. The highest BCUT2D eigenvalue weighted by Crippen LogP contribution is 2.41. The van der Waals surface area contributed by atoms with Crippen LogP contribution < -0.4 is 16.2 Å². The molecular weight excluding hydrogens is 257 g/mol. The maximum Gasteiger partial charge on any atom is 0.263 e. The van der Waals surface area contributed by atoms with E-state index in [1.54, 1.807) is 0 Å².